The van der Waals surface area contributed by atoms with Gasteiger partial charge < -0.3 is 0 Å². The topological polar surface area (TPSA) is 57.9 Å². The van der Waals surface area contributed by atoms with Crippen LogP contribution in [0.1, 0.15) is 17.0 Å². The van der Waals surface area contributed by atoms with E-state index in [0.29, 0.717) is 0 Å². The maximum absolute atomic E-state index is 11.5. The lowest BCUT2D eigenvalue weighted by atomic mass is 10.1. The molecular formula is C12H13NO2S. The first kappa shape index (κ1) is 11.2. The minimum atomic E-state index is -3.12. The van der Waals surface area contributed by atoms with Crippen LogP contribution >= 0.6 is 0 Å². The molecule has 0 radical (unpaired) electrons. The van der Waals surface area contributed by atoms with Crippen LogP contribution in [-0.2, 0) is 9.84 Å². The number of benzene rings is 1. The van der Waals surface area contributed by atoms with Crippen molar-refractivity contribution in [2.75, 3.05) is 6.26 Å². The molecule has 0 amide bonds. The molecule has 84 valence electrons. The first-order chi connectivity index (χ1) is 7.45. The molecule has 16 heavy (non-hydrogen) atoms. The van der Waals surface area contributed by atoms with Crippen molar-refractivity contribution >= 4 is 9.84 Å². The summed E-state index contributed by atoms with van der Waals surface area (Å²) >= 11 is 0. The van der Waals surface area contributed by atoms with Crippen LogP contribution in [0.5, 0.6) is 0 Å². The molecule has 3 atom stereocenters. The zero-order valence-corrected chi connectivity index (χ0v) is 10.0. The minimum Gasteiger partial charge on any atom is -0.229 e. The van der Waals surface area contributed by atoms with E-state index in [4.69, 9.17) is 5.26 Å². The average Bonchev–Trinajstić information content (AvgIpc) is 2.92. The molecule has 1 aliphatic carbocycles. The Morgan fingerprint density at radius 3 is 2.19 bits per heavy atom. The molecule has 0 saturated heterocycles. The molecule has 1 aromatic carbocycles. The molecule has 2 rings (SSSR count). The highest BCUT2D eigenvalue weighted by Crippen LogP contribution is 2.51. The third-order valence-electron chi connectivity index (χ3n) is 3.06. The first-order valence-corrected chi connectivity index (χ1v) is 7.05. The third kappa shape index (κ3) is 1.83. The number of sulfone groups is 1. The molecule has 0 unspecified atom stereocenters. The Labute approximate surface area is 95.6 Å². The summed E-state index contributed by atoms with van der Waals surface area (Å²) in [4.78, 5) is 0. The normalized spacial score (nSPS) is 28.4. The zero-order chi connectivity index (χ0) is 11.9. The van der Waals surface area contributed by atoms with Gasteiger partial charge >= 0.3 is 0 Å². The van der Waals surface area contributed by atoms with Gasteiger partial charge in [-0.25, -0.2) is 8.42 Å². The molecule has 3 nitrogen and oxygen atoms in total. The second-order valence-electron chi connectivity index (χ2n) is 4.39. The smallest absolute Gasteiger partial charge is 0.152 e. The predicted molar refractivity (Wildman–Crippen MR) is 61.7 cm³/mol. The van der Waals surface area contributed by atoms with Gasteiger partial charge in [0.15, 0.2) is 9.84 Å². The molecule has 1 saturated carbocycles. The highest BCUT2D eigenvalue weighted by molar-refractivity contribution is 7.91. The average molecular weight is 235 g/mol. The minimum absolute atomic E-state index is 0.138. The Bertz CT molecular complexity index is 539. The van der Waals surface area contributed by atoms with Crippen LogP contribution in [0, 0.1) is 24.2 Å². The van der Waals surface area contributed by atoms with Crippen molar-refractivity contribution in [2.24, 2.45) is 5.92 Å². The van der Waals surface area contributed by atoms with Gasteiger partial charge in [0.25, 0.3) is 0 Å². The van der Waals surface area contributed by atoms with Crippen molar-refractivity contribution in [3.63, 3.8) is 0 Å². The standard InChI is InChI=1S/C12H13NO2S/c1-8-3-5-9(6-4-8)11-10(7-13)12(11)16(2,14)15/h3-6,10-12H,1-2H3/t10-,11-,12-/m0/s1. The lowest BCUT2D eigenvalue weighted by Gasteiger charge is -1.99. The van der Waals surface area contributed by atoms with Crippen LogP contribution in [0.3, 0.4) is 0 Å². The van der Waals surface area contributed by atoms with E-state index in [1.165, 1.54) is 6.26 Å². The fraction of sp³-hybridized carbons (Fsp3) is 0.417. The Balaban J connectivity index is 2.31. The summed E-state index contributed by atoms with van der Waals surface area (Å²) in [5.74, 6) is -0.515. The van der Waals surface area contributed by atoms with E-state index in [9.17, 15) is 8.42 Å². The molecule has 1 aromatic rings. The van der Waals surface area contributed by atoms with Gasteiger partial charge in [-0.15, -0.1) is 0 Å². The number of aryl methyl sites for hydroxylation is 1. The molecule has 0 aromatic heterocycles. The summed E-state index contributed by atoms with van der Waals surface area (Å²) in [6.07, 6.45) is 1.20. The fourth-order valence-corrected chi connectivity index (χ4v) is 3.69. The molecule has 4 heteroatoms. The SMILES string of the molecule is Cc1ccc([C@H]2[C@H](C#N)[C@@H]2S(C)(=O)=O)cc1. The van der Waals surface area contributed by atoms with Gasteiger partial charge in [0.05, 0.1) is 17.2 Å². The second kappa shape index (κ2) is 3.60. The lowest BCUT2D eigenvalue weighted by molar-refractivity contribution is 0.599. The van der Waals surface area contributed by atoms with Gasteiger partial charge in [-0.1, -0.05) is 29.8 Å². The van der Waals surface area contributed by atoms with E-state index in [1.54, 1.807) is 0 Å². The van der Waals surface area contributed by atoms with Gasteiger partial charge in [-0.2, -0.15) is 5.26 Å². The van der Waals surface area contributed by atoms with Crippen LogP contribution in [-0.4, -0.2) is 19.9 Å². The molecule has 0 spiro atoms. The highest BCUT2D eigenvalue weighted by atomic mass is 32.2. The van der Waals surface area contributed by atoms with E-state index in [1.807, 2.05) is 31.2 Å². The van der Waals surface area contributed by atoms with Crippen molar-refractivity contribution in [3.8, 4) is 6.07 Å². The summed E-state index contributed by atoms with van der Waals surface area (Å²) in [5.41, 5.74) is 2.08. The molecule has 0 heterocycles. The summed E-state index contributed by atoms with van der Waals surface area (Å²) in [6.45, 7) is 1.98. The number of rotatable bonds is 2. The largest absolute Gasteiger partial charge is 0.229 e. The van der Waals surface area contributed by atoms with Crippen LogP contribution < -0.4 is 0 Å². The Kier molecular flexibility index (Phi) is 2.51. The van der Waals surface area contributed by atoms with E-state index >= 15 is 0 Å². The van der Waals surface area contributed by atoms with E-state index < -0.39 is 15.1 Å². The van der Waals surface area contributed by atoms with Crippen molar-refractivity contribution in [2.45, 2.75) is 18.1 Å². The second-order valence-corrected chi connectivity index (χ2v) is 6.59. The van der Waals surface area contributed by atoms with Crippen LogP contribution in [0.2, 0.25) is 0 Å². The van der Waals surface area contributed by atoms with Gasteiger partial charge in [0.2, 0.25) is 0 Å². The summed E-state index contributed by atoms with van der Waals surface area (Å²) < 4.78 is 22.9. The fourth-order valence-electron chi connectivity index (χ4n) is 2.16. The zero-order valence-electron chi connectivity index (χ0n) is 9.21. The van der Waals surface area contributed by atoms with Crippen molar-refractivity contribution in [3.05, 3.63) is 35.4 Å². The summed E-state index contributed by atoms with van der Waals surface area (Å²) in [5, 5.41) is 8.40. The van der Waals surface area contributed by atoms with Crippen molar-refractivity contribution < 1.29 is 8.42 Å². The molecule has 0 bridgehead atoms. The Hall–Kier alpha value is -1.34. The Morgan fingerprint density at radius 1 is 1.25 bits per heavy atom. The van der Waals surface area contributed by atoms with E-state index in [2.05, 4.69) is 6.07 Å². The Morgan fingerprint density at radius 2 is 1.81 bits per heavy atom. The van der Waals surface area contributed by atoms with Crippen LogP contribution in [0.25, 0.3) is 0 Å². The van der Waals surface area contributed by atoms with E-state index in [-0.39, 0.29) is 11.8 Å². The number of nitrogens with zero attached hydrogens (tertiary/aromatic N) is 1. The van der Waals surface area contributed by atoms with Gasteiger partial charge in [-0.05, 0) is 12.5 Å². The summed E-state index contributed by atoms with van der Waals surface area (Å²) in [7, 11) is -3.12. The lowest BCUT2D eigenvalue weighted by Crippen LogP contribution is -2.06. The monoisotopic (exact) mass is 235 g/mol. The number of hydrogen-bond acceptors (Lipinski definition) is 3. The summed E-state index contributed by atoms with van der Waals surface area (Å²) in [6, 6.07) is 9.80. The van der Waals surface area contributed by atoms with Gasteiger partial charge in [0.1, 0.15) is 0 Å². The predicted octanol–water partition coefficient (Wildman–Crippen LogP) is 1.65. The van der Waals surface area contributed by atoms with Crippen LogP contribution in [0.4, 0.5) is 0 Å². The van der Waals surface area contributed by atoms with Crippen LogP contribution in [0.15, 0.2) is 24.3 Å². The quantitative estimate of drug-likeness (QED) is 0.783. The molecule has 1 fully saturated rings. The maximum atomic E-state index is 11.5. The third-order valence-corrected chi connectivity index (χ3v) is 4.63. The van der Waals surface area contributed by atoms with Gasteiger partial charge in [-0.3, -0.25) is 0 Å². The van der Waals surface area contributed by atoms with E-state index in [0.717, 1.165) is 11.1 Å². The highest BCUT2D eigenvalue weighted by Gasteiger charge is 2.57. The first-order valence-electron chi connectivity index (χ1n) is 5.10. The maximum Gasteiger partial charge on any atom is 0.152 e. The van der Waals surface area contributed by atoms with Gasteiger partial charge in [0, 0.05) is 12.2 Å². The molecule has 0 N–H and O–H groups in total. The molecular weight excluding hydrogens is 222 g/mol. The molecule has 1 aliphatic rings. The number of hydrogen-bond donors (Lipinski definition) is 0. The number of nitriles is 1. The van der Waals surface area contributed by atoms with Crippen molar-refractivity contribution in [1.29, 1.82) is 5.26 Å². The van der Waals surface area contributed by atoms with Crippen molar-refractivity contribution in [1.82, 2.24) is 0 Å². The molecule has 0 aliphatic heterocycles.